The van der Waals surface area contributed by atoms with Crippen LogP contribution in [0.15, 0.2) is 18.2 Å². The standard InChI is InChI=1S/C13H16N2O5/c1-2-20-10-5-3-4-9(15(18)19)11(10)12(17)14-13(8-16)6-7-13/h3-5,16H,2,6-8H2,1H3,(H,14,17). The fraction of sp³-hybridized carbons (Fsp3) is 0.462. The van der Waals surface area contributed by atoms with E-state index in [1.54, 1.807) is 6.92 Å². The lowest BCUT2D eigenvalue weighted by atomic mass is 10.1. The second kappa shape index (κ2) is 5.46. The van der Waals surface area contributed by atoms with Crippen molar-refractivity contribution >= 4 is 11.6 Å². The molecule has 7 nitrogen and oxygen atoms in total. The summed E-state index contributed by atoms with van der Waals surface area (Å²) in [6, 6.07) is 4.25. The van der Waals surface area contributed by atoms with Crippen LogP contribution in [-0.2, 0) is 0 Å². The first-order chi connectivity index (χ1) is 9.53. The van der Waals surface area contributed by atoms with Crippen LogP contribution in [0.25, 0.3) is 0 Å². The van der Waals surface area contributed by atoms with Gasteiger partial charge in [0.25, 0.3) is 11.6 Å². The number of amides is 1. The van der Waals surface area contributed by atoms with E-state index in [9.17, 15) is 20.0 Å². The first kappa shape index (κ1) is 14.3. The van der Waals surface area contributed by atoms with Crippen LogP contribution in [0.4, 0.5) is 5.69 Å². The van der Waals surface area contributed by atoms with Gasteiger partial charge in [0.05, 0.1) is 23.7 Å². The van der Waals surface area contributed by atoms with E-state index < -0.39 is 16.4 Å². The third kappa shape index (κ3) is 2.72. The Morgan fingerprint density at radius 1 is 1.55 bits per heavy atom. The molecule has 1 aliphatic carbocycles. The van der Waals surface area contributed by atoms with Crippen molar-refractivity contribution in [3.63, 3.8) is 0 Å². The SMILES string of the molecule is CCOc1cccc([N+](=O)[O-])c1C(=O)NC1(CO)CC1. The summed E-state index contributed by atoms with van der Waals surface area (Å²) in [5.74, 6) is -0.416. The molecule has 20 heavy (non-hydrogen) atoms. The Balaban J connectivity index is 2.36. The molecule has 1 fully saturated rings. The molecule has 1 saturated carbocycles. The van der Waals surface area contributed by atoms with Gasteiger partial charge in [-0.1, -0.05) is 6.07 Å². The zero-order valence-corrected chi connectivity index (χ0v) is 11.1. The number of hydrogen-bond acceptors (Lipinski definition) is 5. The number of carbonyl (C=O) groups is 1. The number of benzene rings is 1. The quantitative estimate of drug-likeness (QED) is 0.603. The molecule has 7 heteroatoms. The van der Waals surface area contributed by atoms with Crippen molar-refractivity contribution in [1.82, 2.24) is 5.32 Å². The van der Waals surface area contributed by atoms with Crippen molar-refractivity contribution in [3.8, 4) is 5.75 Å². The third-order valence-electron chi connectivity index (χ3n) is 3.26. The Bertz CT molecular complexity index is 540. The number of nitro benzene ring substituents is 1. The fourth-order valence-corrected chi connectivity index (χ4v) is 1.95. The van der Waals surface area contributed by atoms with Crippen molar-refractivity contribution < 1.29 is 19.6 Å². The largest absolute Gasteiger partial charge is 0.493 e. The lowest BCUT2D eigenvalue weighted by Crippen LogP contribution is -2.40. The number of hydrogen-bond donors (Lipinski definition) is 2. The monoisotopic (exact) mass is 280 g/mol. The normalized spacial score (nSPS) is 15.5. The topological polar surface area (TPSA) is 102 Å². The van der Waals surface area contributed by atoms with Gasteiger partial charge in [0, 0.05) is 6.07 Å². The van der Waals surface area contributed by atoms with Gasteiger partial charge < -0.3 is 15.2 Å². The molecule has 0 atom stereocenters. The van der Waals surface area contributed by atoms with Crippen molar-refractivity contribution in [3.05, 3.63) is 33.9 Å². The molecule has 0 heterocycles. The molecule has 0 saturated heterocycles. The fourth-order valence-electron chi connectivity index (χ4n) is 1.95. The average molecular weight is 280 g/mol. The Kier molecular flexibility index (Phi) is 3.89. The first-order valence-electron chi connectivity index (χ1n) is 6.36. The summed E-state index contributed by atoms with van der Waals surface area (Å²) in [7, 11) is 0. The molecule has 0 unspecified atom stereocenters. The van der Waals surface area contributed by atoms with Gasteiger partial charge in [-0.25, -0.2) is 0 Å². The van der Waals surface area contributed by atoms with Crippen LogP contribution in [0.5, 0.6) is 5.75 Å². The molecular weight excluding hydrogens is 264 g/mol. The van der Waals surface area contributed by atoms with Crippen LogP contribution in [0, 0.1) is 10.1 Å². The molecule has 2 N–H and O–H groups in total. The zero-order valence-electron chi connectivity index (χ0n) is 11.1. The van der Waals surface area contributed by atoms with E-state index >= 15 is 0 Å². The number of aliphatic hydroxyl groups is 1. The van der Waals surface area contributed by atoms with Gasteiger partial charge in [-0.05, 0) is 25.8 Å². The van der Waals surface area contributed by atoms with Gasteiger partial charge in [-0.15, -0.1) is 0 Å². The summed E-state index contributed by atoms with van der Waals surface area (Å²) in [6.07, 6.45) is 1.33. The number of nitrogens with one attached hydrogen (secondary N) is 1. The molecule has 1 aromatic rings. The number of carbonyl (C=O) groups excluding carboxylic acids is 1. The minimum absolute atomic E-state index is 0.0981. The highest BCUT2D eigenvalue weighted by molar-refractivity contribution is 6.01. The minimum Gasteiger partial charge on any atom is -0.493 e. The summed E-state index contributed by atoms with van der Waals surface area (Å²) >= 11 is 0. The Hall–Kier alpha value is -2.15. The van der Waals surface area contributed by atoms with Crippen molar-refractivity contribution in [2.75, 3.05) is 13.2 Å². The highest BCUT2D eigenvalue weighted by Gasteiger charge is 2.44. The zero-order chi connectivity index (χ0) is 14.8. The maximum atomic E-state index is 12.3. The lowest BCUT2D eigenvalue weighted by Gasteiger charge is -2.16. The summed E-state index contributed by atoms with van der Waals surface area (Å²) in [4.78, 5) is 22.7. The van der Waals surface area contributed by atoms with Crippen LogP contribution in [0.3, 0.4) is 0 Å². The number of nitro groups is 1. The predicted molar refractivity (Wildman–Crippen MR) is 70.8 cm³/mol. The molecule has 1 aromatic carbocycles. The van der Waals surface area contributed by atoms with E-state index in [2.05, 4.69) is 5.32 Å². The summed E-state index contributed by atoms with van der Waals surface area (Å²) in [6.45, 7) is 1.85. The summed E-state index contributed by atoms with van der Waals surface area (Å²) in [5.41, 5.74) is -1.04. The second-order valence-electron chi connectivity index (χ2n) is 4.73. The Labute approximate surface area is 115 Å². The van der Waals surface area contributed by atoms with Gasteiger partial charge in [0.2, 0.25) is 0 Å². The number of aliphatic hydroxyl groups excluding tert-OH is 1. The molecular formula is C13H16N2O5. The third-order valence-corrected chi connectivity index (χ3v) is 3.26. The van der Waals surface area contributed by atoms with E-state index in [0.29, 0.717) is 19.4 Å². The average Bonchev–Trinajstić information content (AvgIpc) is 3.19. The highest BCUT2D eigenvalue weighted by Crippen LogP contribution is 2.36. The first-order valence-corrected chi connectivity index (χ1v) is 6.36. The number of ether oxygens (including phenoxy) is 1. The predicted octanol–water partition coefficient (Wildman–Crippen LogP) is 1.25. The van der Waals surface area contributed by atoms with Crippen molar-refractivity contribution in [2.45, 2.75) is 25.3 Å². The summed E-state index contributed by atoms with van der Waals surface area (Å²) in [5, 5.41) is 22.9. The molecule has 1 amide bonds. The minimum atomic E-state index is -0.635. The van der Waals surface area contributed by atoms with Crippen LogP contribution in [0.2, 0.25) is 0 Å². The Morgan fingerprint density at radius 3 is 2.75 bits per heavy atom. The van der Waals surface area contributed by atoms with Crippen molar-refractivity contribution in [2.24, 2.45) is 0 Å². The van der Waals surface area contributed by atoms with Crippen LogP contribution in [0.1, 0.15) is 30.1 Å². The van der Waals surface area contributed by atoms with Crippen LogP contribution in [-0.4, -0.2) is 34.7 Å². The van der Waals surface area contributed by atoms with E-state index in [-0.39, 0.29) is 23.6 Å². The smallest absolute Gasteiger partial charge is 0.285 e. The van der Waals surface area contributed by atoms with Gasteiger partial charge in [0.1, 0.15) is 5.75 Å². The molecule has 0 spiro atoms. The van der Waals surface area contributed by atoms with Crippen LogP contribution < -0.4 is 10.1 Å². The van der Waals surface area contributed by atoms with E-state index in [1.165, 1.54) is 18.2 Å². The second-order valence-corrected chi connectivity index (χ2v) is 4.73. The van der Waals surface area contributed by atoms with Crippen molar-refractivity contribution in [1.29, 1.82) is 0 Å². The molecule has 1 aliphatic rings. The lowest BCUT2D eigenvalue weighted by molar-refractivity contribution is -0.385. The maximum absolute atomic E-state index is 12.3. The molecule has 0 aliphatic heterocycles. The van der Waals surface area contributed by atoms with Gasteiger partial charge >= 0.3 is 0 Å². The molecule has 0 radical (unpaired) electrons. The van der Waals surface area contributed by atoms with Gasteiger partial charge in [0.15, 0.2) is 5.56 Å². The van der Waals surface area contributed by atoms with Crippen LogP contribution >= 0.6 is 0 Å². The molecule has 0 aromatic heterocycles. The number of nitrogens with zero attached hydrogens (tertiary/aromatic N) is 1. The maximum Gasteiger partial charge on any atom is 0.285 e. The van der Waals surface area contributed by atoms with E-state index in [4.69, 9.17) is 4.74 Å². The van der Waals surface area contributed by atoms with E-state index in [1.807, 2.05) is 0 Å². The van der Waals surface area contributed by atoms with E-state index in [0.717, 1.165) is 0 Å². The summed E-state index contributed by atoms with van der Waals surface area (Å²) < 4.78 is 5.29. The molecule has 2 rings (SSSR count). The van der Waals surface area contributed by atoms with Gasteiger partial charge in [-0.2, -0.15) is 0 Å². The Morgan fingerprint density at radius 2 is 2.25 bits per heavy atom. The molecule has 0 bridgehead atoms. The molecule has 108 valence electrons. The number of rotatable bonds is 6. The van der Waals surface area contributed by atoms with Gasteiger partial charge in [-0.3, -0.25) is 14.9 Å². The highest BCUT2D eigenvalue weighted by atomic mass is 16.6.